The van der Waals surface area contributed by atoms with Crippen molar-refractivity contribution in [3.8, 4) is 5.75 Å². The zero-order valence-corrected chi connectivity index (χ0v) is 14.7. The van der Waals surface area contributed by atoms with E-state index in [1.807, 2.05) is 6.92 Å². The maximum Gasteiger partial charge on any atom is 0.243 e. The molecular formula is C15H24N2O5S. The monoisotopic (exact) mass is 344 g/mol. The summed E-state index contributed by atoms with van der Waals surface area (Å²) in [6.07, 6.45) is 1.07. The molecule has 1 aromatic carbocycles. The Kier molecular flexibility index (Phi) is 7.31. The first-order chi connectivity index (χ1) is 10.8. The third-order valence-corrected chi connectivity index (χ3v) is 4.34. The number of hydrogen-bond donors (Lipinski definition) is 1. The zero-order valence-electron chi connectivity index (χ0n) is 13.9. The van der Waals surface area contributed by atoms with Gasteiger partial charge in [-0.25, -0.2) is 8.42 Å². The first kappa shape index (κ1) is 19.2. The van der Waals surface area contributed by atoms with Gasteiger partial charge in [0.2, 0.25) is 15.9 Å². The third-order valence-electron chi connectivity index (χ3n) is 3.10. The number of benzene rings is 1. The fourth-order valence-electron chi connectivity index (χ4n) is 2.09. The number of nitrogens with one attached hydrogen (secondary N) is 1. The first-order valence-electron chi connectivity index (χ1n) is 7.30. The maximum atomic E-state index is 12.2. The highest BCUT2D eigenvalue weighted by molar-refractivity contribution is 7.92. The van der Waals surface area contributed by atoms with E-state index in [0.717, 1.165) is 10.6 Å². The third kappa shape index (κ3) is 5.72. The summed E-state index contributed by atoms with van der Waals surface area (Å²) in [5, 5.41) is 2.64. The van der Waals surface area contributed by atoms with Crippen LogP contribution in [0.2, 0.25) is 0 Å². The number of carbonyl (C=O) groups excluding carboxylic acids is 1. The number of hydrogen-bond acceptors (Lipinski definition) is 5. The smallest absolute Gasteiger partial charge is 0.243 e. The molecule has 1 N–H and O–H groups in total. The lowest BCUT2D eigenvalue weighted by molar-refractivity contribution is -0.122. The van der Waals surface area contributed by atoms with Crippen LogP contribution in [0.3, 0.4) is 0 Å². The SMILES string of the molecule is CCOc1ccc(N([C@H](C)C(=O)NCCOC)S(C)(=O)=O)cc1. The van der Waals surface area contributed by atoms with Gasteiger partial charge in [0.25, 0.3) is 0 Å². The van der Waals surface area contributed by atoms with Crippen molar-refractivity contribution in [2.24, 2.45) is 0 Å². The highest BCUT2D eigenvalue weighted by atomic mass is 32.2. The predicted octanol–water partition coefficient (Wildman–Crippen LogP) is 1.00. The van der Waals surface area contributed by atoms with Crippen LogP contribution >= 0.6 is 0 Å². The van der Waals surface area contributed by atoms with Gasteiger partial charge in [-0.3, -0.25) is 9.10 Å². The van der Waals surface area contributed by atoms with E-state index in [0.29, 0.717) is 31.2 Å². The van der Waals surface area contributed by atoms with Crippen molar-refractivity contribution in [2.75, 3.05) is 37.4 Å². The summed E-state index contributed by atoms with van der Waals surface area (Å²) in [5.74, 6) is 0.253. The van der Waals surface area contributed by atoms with Crippen LogP contribution in [0, 0.1) is 0 Å². The molecule has 0 saturated heterocycles. The lowest BCUT2D eigenvalue weighted by Crippen LogP contribution is -2.48. The van der Waals surface area contributed by atoms with E-state index in [4.69, 9.17) is 9.47 Å². The average Bonchev–Trinajstić information content (AvgIpc) is 2.48. The summed E-state index contributed by atoms with van der Waals surface area (Å²) in [6.45, 7) is 4.61. The van der Waals surface area contributed by atoms with Gasteiger partial charge in [0.15, 0.2) is 0 Å². The fraction of sp³-hybridized carbons (Fsp3) is 0.533. The van der Waals surface area contributed by atoms with Crippen LogP contribution in [0.1, 0.15) is 13.8 Å². The Bertz CT molecular complexity index is 601. The summed E-state index contributed by atoms with van der Waals surface area (Å²) in [7, 11) is -2.09. The Labute approximate surface area is 137 Å². The van der Waals surface area contributed by atoms with Gasteiger partial charge in [-0.1, -0.05) is 0 Å². The summed E-state index contributed by atoms with van der Waals surface area (Å²) < 4.78 is 35.5. The summed E-state index contributed by atoms with van der Waals surface area (Å²) in [5.41, 5.74) is 0.408. The number of methoxy groups -OCH3 is 1. The van der Waals surface area contributed by atoms with Crippen molar-refractivity contribution in [3.63, 3.8) is 0 Å². The summed E-state index contributed by atoms with van der Waals surface area (Å²) in [6, 6.07) is 5.70. The number of rotatable bonds is 9. The molecule has 0 aliphatic rings. The van der Waals surface area contributed by atoms with Crippen molar-refractivity contribution in [1.82, 2.24) is 5.32 Å². The van der Waals surface area contributed by atoms with E-state index in [9.17, 15) is 13.2 Å². The quantitative estimate of drug-likeness (QED) is 0.676. The Hall–Kier alpha value is -1.80. The minimum atomic E-state index is -3.62. The summed E-state index contributed by atoms with van der Waals surface area (Å²) >= 11 is 0. The number of carbonyl (C=O) groups is 1. The van der Waals surface area contributed by atoms with E-state index in [2.05, 4.69) is 5.32 Å². The maximum absolute atomic E-state index is 12.2. The van der Waals surface area contributed by atoms with Gasteiger partial charge >= 0.3 is 0 Å². The van der Waals surface area contributed by atoms with Crippen LogP contribution in [0.4, 0.5) is 5.69 Å². The van der Waals surface area contributed by atoms with Gasteiger partial charge in [0.1, 0.15) is 11.8 Å². The molecule has 0 aromatic heterocycles. The zero-order chi connectivity index (χ0) is 17.5. The van der Waals surface area contributed by atoms with Crippen molar-refractivity contribution >= 4 is 21.6 Å². The lowest BCUT2D eigenvalue weighted by atomic mass is 10.2. The normalized spacial score (nSPS) is 12.5. The van der Waals surface area contributed by atoms with E-state index >= 15 is 0 Å². The molecule has 0 radical (unpaired) electrons. The van der Waals surface area contributed by atoms with Crippen LogP contribution in [0.5, 0.6) is 5.75 Å². The molecule has 23 heavy (non-hydrogen) atoms. The molecule has 1 amide bonds. The minimum Gasteiger partial charge on any atom is -0.494 e. The molecule has 1 rings (SSSR count). The van der Waals surface area contributed by atoms with Crippen LogP contribution in [-0.4, -0.2) is 53.5 Å². The van der Waals surface area contributed by atoms with E-state index < -0.39 is 16.1 Å². The molecule has 0 fully saturated rings. The fourth-order valence-corrected chi connectivity index (χ4v) is 3.26. The molecule has 0 unspecified atom stereocenters. The van der Waals surface area contributed by atoms with Gasteiger partial charge in [0.05, 0.1) is 25.2 Å². The molecule has 1 atom stereocenters. The standard InChI is InChI=1S/C15H24N2O5S/c1-5-22-14-8-6-13(7-9-14)17(23(4,19)20)12(2)15(18)16-10-11-21-3/h6-9,12H,5,10-11H2,1-4H3,(H,16,18)/t12-/m1/s1. The molecule has 8 heteroatoms. The van der Waals surface area contributed by atoms with Crippen molar-refractivity contribution in [1.29, 1.82) is 0 Å². The van der Waals surface area contributed by atoms with Gasteiger partial charge in [0, 0.05) is 13.7 Å². The number of anilines is 1. The van der Waals surface area contributed by atoms with Gasteiger partial charge in [-0.15, -0.1) is 0 Å². The Morgan fingerprint density at radius 2 is 1.91 bits per heavy atom. The topological polar surface area (TPSA) is 84.9 Å². The molecule has 0 aliphatic carbocycles. The molecular weight excluding hydrogens is 320 g/mol. The van der Waals surface area contributed by atoms with Crippen LogP contribution in [-0.2, 0) is 19.6 Å². The molecule has 0 spiro atoms. The van der Waals surface area contributed by atoms with Crippen molar-refractivity contribution in [3.05, 3.63) is 24.3 Å². The second kappa shape index (κ2) is 8.73. The number of amides is 1. The first-order valence-corrected chi connectivity index (χ1v) is 9.15. The number of nitrogens with zero attached hydrogens (tertiary/aromatic N) is 1. The van der Waals surface area contributed by atoms with Gasteiger partial charge in [-0.2, -0.15) is 0 Å². The van der Waals surface area contributed by atoms with Crippen LogP contribution in [0.15, 0.2) is 24.3 Å². The van der Waals surface area contributed by atoms with Crippen LogP contribution < -0.4 is 14.4 Å². The lowest BCUT2D eigenvalue weighted by Gasteiger charge is -2.28. The van der Waals surface area contributed by atoms with Gasteiger partial charge < -0.3 is 14.8 Å². The Balaban J connectivity index is 2.98. The second-order valence-electron chi connectivity index (χ2n) is 4.95. The van der Waals surface area contributed by atoms with Crippen molar-refractivity contribution in [2.45, 2.75) is 19.9 Å². The Morgan fingerprint density at radius 3 is 2.39 bits per heavy atom. The average molecular weight is 344 g/mol. The van der Waals surface area contributed by atoms with Crippen LogP contribution in [0.25, 0.3) is 0 Å². The van der Waals surface area contributed by atoms with Crippen molar-refractivity contribution < 1.29 is 22.7 Å². The molecule has 7 nitrogen and oxygen atoms in total. The molecule has 0 aliphatic heterocycles. The Morgan fingerprint density at radius 1 is 1.30 bits per heavy atom. The number of sulfonamides is 1. The molecule has 130 valence electrons. The largest absolute Gasteiger partial charge is 0.494 e. The molecule has 0 heterocycles. The van der Waals surface area contributed by atoms with E-state index in [1.54, 1.807) is 31.2 Å². The highest BCUT2D eigenvalue weighted by Crippen LogP contribution is 2.23. The number of ether oxygens (including phenoxy) is 2. The molecule has 1 aromatic rings. The van der Waals surface area contributed by atoms with E-state index in [1.165, 1.54) is 7.11 Å². The van der Waals surface area contributed by atoms with E-state index in [-0.39, 0.29) is 5.91 Å². The van der Waals surface area contributed by atoms with Gasteiger partial charge in [-0.05, 0) is 38.1 Å². The highest BCUT2D eigenvalue weighted by Gasteiger charge is 2.28. The minimum absolute atomic E-state index is 0.320. The molecule has 0 saturated carbocycles. The second-order valence-corrected chi connectivity index (χ2v) is 6.80. The summed E-state index contributed by atoms with van der Waals surface area (Å²) in [4.78, 5) is 12.2. The predicted molar refractivity (Wildman–Crippen MR) is 89.3 cm³/mol. The molecule has 0 bridgehead atoms.